The molecule has 0 radical (unpaired) electrons. The monoisotopic (exact) mass is 322 g/mol. The van der Waals surface area contributed by atoms with Gasteiger partial charge in [-0.3, -0.25) is 9.36 Å². The second-order valence-corrected chi connectivity index (χ2v) is 6.10. The molecule has 0 saturated carbocycles. The summed E-state index contributed by atoms with van der Waals surface area (Å²) in [6.07, 6.45) is 0. The Morgan fingerprint density at radius 3 is 2.77 bits per heavy atom. The van der Waals surface area contributed by atoms with E-state index in [1.54, 1.807) is 22.8 Å². The highest BCUT2D eigenvalue weighted by molar-refractivity contribution is 6.31. The van der Waals surface area contributed by atoms with Gasteiger partial charge in [-0.15, -0.1) is 0 Å². The average Bonchev–Trinajstić information content (AvgIpc) is 2.46. The third kappa shape index (κ3) is 3.66. The fourth-order valence-corrected chi connectivity index (χ4v) is 2.61. The number of nitrogens with zero attached hydrogens (tertiary/aromatic N) is 3. The topological polar surface area (TPSA) is 50.2 Å². The van der Waals surface area contributed by atoms with Crippen LogP contribution in [0.4, 0.5) is 0 Å². The van der Waals surface area contributed by atoms with Crippen molar-refractivity contribution in [3.8, 4) is 0 Å². The van der Waals surface area contributed by atoms with E-state index in [4.69, 9.17) is 11.6 Å². The molecule has 0 bridgehead atoms. The molecule has 5 nitrogen and oxygen atoms in total. The summed E-state index contributed by atoms with van der Waals surface area (Å²) in [5, 5.41) is 4.61. The van der Waals surface area contributed by atoms with Crippen LogP contribution in [0.2, 0.25) is 5.02 Å². The number of benzene rings is 1. The summed E-state index contributed by atoms with van der Waals surface area (Å²) in [5.41, 5.74) is 0.638. The lowest BCUT2D eigenvalue weighted by molar-refractivity contribution is 0.383. The standard InChI is InChI=1S/C16H23ClN4O/c1-5-21-15(11(2)18-8-9-20(3)4)19-14-10-12(17)6-7-13(14)16(21)22/h6-7,10-11,18H,5,8-9H2,1-4H3/t11-/m1/s1. The minimum Gasteiger partial charge on any atom is -0.308 e. The number of halogens is 1. The van der Waals surface area contributed by atoms with Gasteiger partial charge in [0.05, 0.1) is 16.9 Å². The maximum absolute atomic E-state index is 12.6. The molecule has 0 aliphatic rings. The van der Waals surface area contributed by atoms with Crippen molar-refractivity contribution in [2.45, 2.75) is 26.4 Å². The first-order chi connectivity index (χ1) is 10.4. The first-order valence-electron chi connectivity index (χ1n) is 7.52. The van der Waals surface area contributed by atoms with Gasteiger partial charge in [0.25, 0.3) is 5.56 Å². The molecule has 0 saturated heterocycles. The molecular formula is C16H23ClN4O. The average molecular weight is 323 g/mol. The van der Waals surface area contributed by atoms with E-state index in [0.29, 0.717) is 22.5 Å². The molecule has 2 aromatic rings. The fourth-order valence-electron chi connectivity index (χ4n) is 2.44. The van der Waals surface area contributed by atoms with Gasteiger partial charge in [-0.05, 0) is 46.1 Å². The quantitative estimate of drug-likeness (QED) is 0.886. The number of hydrogen-bond donors (Lipinski definition) is 1. The Bertz CT molecular complexity index is 711. The summed E-state index contributed by atoms with van der Waals surface area (Å²) >= 11 is 6.03. The van der Waals surface area contributed by atoms with E-state index in [9.17, 15) is 4.79 Å². The van der Waals surface area contributed by atoms with E-state index in [2.05, 4.69) is 15.2 Å². The lowest BCUT2D eigenvalue weighted by atomic mass is 10.2. The zero-order chi connectivity index (χ0) is 16.3. The van der Waals surface area contributed by atoms with Crippen LogP contribution in [-0.2, 0) is 6.54 Å². The van der Waals surface area contributed by atoms with E-state index in [0.717, 1.165) is 18.9 Å². The van der Waals surface area contributed by atoms with Crippen molar-refractivity contribution in [3.05, 3.63) is 39.4 Å². The van der Waals surface area contributed by atoms with Crippen LogP contribution < -0.4 is 10.9 Å². The predicted molar refractivity (Wildman–Crippen MR) is 91.7 cm³/mol. The second kappa shape index (κ2) is 7.22. The van der Waals surface area contributed by atoms with E-state index in [1.807, 2.05) is 27.9 Å². The van der Waals surface area contributed by atoms with Gasteiger partial charge in [0.2, 0.25) is 0 Å². The molecule has 2 rings (SSSR count). The molecule has 0 amide bonds. The van der Waals surface area contributed by atoms with Crippen LogP contribution in [0, 0.1) is 0 Å². The van der Waals surface area contributed by atoms with Gasteiger partial charge in [0.15, 0.2) is 0 Å². The van der Waals surface area contributed by atoms with Crippen molar-refractivity contribution < 1.29 is 0 Å². The summed E-state index contributed by atoms with van der Waals surface area (Å²) in [6.45, 7) is 6.35. The number of rotatable bonds is 6. The first kappa shape index (κ1) is 16.9. The molecule has 1 heterocycles. The van der Waals surface area contributed by atoms with Gasteiger partial charge in [-0.25, -0.2) is 4.98 Å². The third-order valence-corrected chi connectivity index (χ3v) is 3.90. The highest BCUT2D eigenvalue weighted by atomic mass is 35.5. The smallest absolute Gasteiger partial charge is 0.261 e. The zero-order valence-electron chi connectivity index (χ0n) is 13.6. The molecule has 0 aliphatic heterocycles. The molecule has 1 atom stereocenters. The summed E-state index contributed by atoms with van der Waals surface area (Å²) in [5.74, 6) is 0.751. The number of aromatic nitrogens is 2. The Balaban J connectivity index is 2.41. The van der Waals surface area contributed by atoms with Crippen molar-refractivity contribution in [1.82, 2.24) is 19.8 Å². The highest BCUT2D eigenvalue weighted by Crippen LogP contribution is 2.17. The van der Waals surface area contributed by atoms with Gasteiger partial charge in [0, 0.05) is 24.7 Å². The van der Waals surface area contributed by atoms with Gasteiger partial charge >= 0.3 is 0 Å². The highest BCUT2D eigenvalue weighted by Gasteiger charge is 2.15. The lowest BCUT2D eigenvalue weighted by Gasteiger charge is -2.19. The molecule has 1 N–H and O–H groups in total. The Morgan fingerprint density at radius 1 is 1.41 bits per heavy atom. The molecule has 0 spiro atoms. The summed E-state index contributed by atoms with van der Waals surface area (Å²) < 4.78 is 1.73. The van der Waals surface area contributed by atoms with Crippen LogP contribution in [0.3, 0.4) is 0 Å². The third-order valence-electron chi connectivity index (χ3n) is 3.66. The van der Waals surface area contributed by atoms with Crippen LogP contribution in [0.1, 0.15) is 25.7 Å². The fraction of sp³-hybridized carbons (Fsp3) is 0.500. The van der Waals surface area contributed by atoms with Crippen molar-refractivity contribution in [2.75, 3.05) is 27.2 Å². The van der Waals surface area contributed by atoms with E-state index < -0.39 is 0 Å². The largest absolute Gasteiger partial charge is 0.308 e. The molecule has 0 aliphatic carbocycles. The Kier molecular flexibility index (Phi) is 5.56. The summed E-state index contributed by atoms with van der Waals surface area (Å²) in [6, 6.07) is 5.21. The first-order valence-corrected chi connectivity index (χ1v) is 7.90. The van der Waals surface area contributed by atoms with Crippen LogP contribution >= 0.6 is 11.6 Å². The number of fused-ring (bicyclic) bond motifs is 1. The molecule has 1 aromatic heterocycles. The normalized spacial score (nSPS) is 13.0. The van der Waals surface area contributed by atoms with Gasteiger partial charge < -0.3 is 10.2 Å². The number of likely N-dealkylation sites (N-methyl/N-ethyl adjacent to an activating group) is 1. The Morgan fingerprint density at radius 2 is 2.14 bits per heavy atom. The maximum atomic E-state index is 12.6. The molecule has 120 valence electrons. The van der Waals surface area contributed by atoms with Crippen LogP contribution in [0.25, 0.3) is 10.9 Å². The zero-order valence-corrected chi connectivity index (χ0v) is 14.3. The molecule has 0 unspecified atom stereocenters. The van der Waals surface area contributed by atoms with Gasteiger partial charge in [0.1, 0.15) is 5.82 Å². The maximum Gasteiger partial charge on any atom is 0.261 e. The molecular weight excluding hydrogens is 300 g/mol. The van der Waals surface area contributed by atoms with Crippen LogP contribution in [-0.4, -0.2) is 41.6 Å². The number of nitrogens with one attached hydrogen (secondary N) is 1. The molecule has 6 heteroatoms. The molecule has 1 aromatic carbocycles. The number of hydrogen-bond acceptors (Lipinski definition) is 4. The summed E-state index contributed by atoms with van der Waals surface area (Å²) in [7, 11) is 4.06. The van der Waals surface area contributed by atoms with Gasteiger partial charge in [-0.2, -0.15) is 0 Å². The van der Waals surface area contributed by atoms with Crippen molar-refractivity contribution in [2.24, 2.45) is 0 Å². The Labute approximate surface area is 135 Å². The minimum atomic E-state index is -0.0135. The van der Waals surface area contributed by atoms with E-state index >= 15 is 0 Å². The predicted octanol–water partition coefficient (Wildman–Crippen LogP) is 2.28. The lowest BCUT2D eigenvalue weighted by Crippen LogP contribution is -2.33. The van der Waals surface area contributed by atoms with Crippen molar-refractivity contribution >= 4 is 22.5 Å². The van der Waals surface area contributed by atoms with Crippen molar-refractivity contribution in [1.29, 1.82) is 0 Å². The van der Waals surface area contributed by atoms with E-state index in [-0.39, 0.29) is 11.6 Å². The van der Waals surface area contributed by atoms with Crippen LogP contribution in [0.15, 0.2) is 23.0 Å². The van der Waals surface area contributed by atoms with Crippen LogP contribution in [0.5, 0.6) is 0 Å². The SMILES string of the molecule is CCn1c([C@@H](C)NCCN(C)C)nc2cc(Cl)ccc2c1=O. The molecule has 22 heavy (non-hydrogen) atoms. The summed E-state index contributed by atoms with van der Waals surface area (Å²) in [4.78, 5) is 19.4. The second-order valence-electron chi connectivity index (χ2n) is 5.66. The van der Waals surface area contributed by atoms with Crippen molar-refractivity contribution in [3.63, 3.8) is 0 Å². The molecule has 0 fully saturated rings. The Hall–Kier alpha value is -1.43. The van der Waals surface area contributed by atoms with E-state index in [1.165, 1.54) is 0 Å². The minimum absolute atomic E-state index is 0.00372. The van der Waals surface area contributed by atoms with Gasteiger partial charge in [-0.1, -0.05) is 11.6 Å².